The van der Waals surface area contributed by atoms with Crippen LogP contribution in [0, 0.1) is 5.82 Å². The van der Waals surface area contributed by atoms with E-state index in [-0.39, 0.29) is 17.8 Å². The van der Waals surface area contributed by atoms with Gasteiger partial charge in [-0.25, -0.2) is 4.39 Å². The monoisotopic (exact) mass is 237 g/mol. The van der Waals surface area contributed by atoms with Crippen LogP contribution in [0.15, 0.2) is 18.2 Å². The normalized spacial score (nSPS) is 20.2. The number of amides is 1. The minimum atomic E-state index is -0.374. The Hall–Kier alpha value is -1.78. The van der Waals surface area contributed by atoms with Crippen molar-refractivity contribution >= 4 is 17.3 Å². The van der Waals surface area contributed by atoms with E-state index in [9.17, 15) is 9.18 Å². The van der Waals surface area contributed by atoms with Crippen molar-refractivity contribution in [2.45, 2.75) is 19.4 Å². The number of nitrogens with one attached hydrogen (secondary N) is 1. The molecule has 1 aliphatic rings. The van der Waals surface area contributed by atoms with Crippen molar-refractivity contribution < 1.29 is 9.18 Å². The minimum Gasteiger partial charge on any atom is -0.399 e. The predicted octanol–water partition coefficient (Wildman–Crippen LogP) is 1.12. The molecule has 0 aromatic heterocycles. The fraction of sp³-hybridized carbons (Fsp3) is 0.417. The van der Waals surface area contributed by atoms with E-state index in [0.717, 1.165) is 0 Å². The number of piperazine rings is 1. The number of anilines is 2. The molecule has 1 aliphatic heterocycles. The SMILES string of the molecule is CCC1C(=O)NCCN1c1cc(N)cc(F)c1. The zero-order valence-corrected chi connectivity index (χ0v) is 9.74. The van der Waals surface area contributed by atoms with E-state index < -0.39 is 0 Å². The molecule has 5 heteroatoms. The Morgan fingerprint density at radius 1 is 1.53 bits per heavy atom. The first-order valence-corrected chi connectivity index (χ1v) is 5.72. The Kier molecular flexibility index (Phi) is 3.17. The number of hydrogen-bond acceptors (Lipinski definition) is 3. The maximum absolute atomic E-state index is 13.3. The molecule has 0 spiro atoms. The number of nitrogen functional groups attached to an aromatic ring is 1. The number of nitrogens with zero attached hydrogens (tertiary/aromatic N) is 1. The third kappa shape index (κ3) is 2.33. The molecule has 1 unspecified atom stereocenters. The maximum Gasteiger partial charge on any atom is 0.242 e. The number of halogens is 1. The molecule has 1 amide bonds. The summed E-state index contributed by atoms with van der Waals surface area (Å²) in [6, 6.07) is 4.14. The van der Waals surface area contributed by atoms with Crippen LogP contribution < -0.4 is 16.0 Å². The van der Waals surface area contributed by atoms with Crippen LogP contribution in [0.3, 0.4) is 0 Å². The van der Waals surface area contributed by atoms with Gasteiger partial charge in [0.25, 0.3) is 0 Å². The molecule has 4 nitrogen and oxygen atoms in total. The fourth-order valence-electron chi connectivity index (χ4n) is 2.19. The summed E-state index contributed by atoms with van der Waals surface area (Å²) >= 11 is 0. The molecule has 17 heavy (non-hydrogen) atoms. The second kappa shape index (κ2) is 4.61. The molecule has 1 fully saturated rings. The lowest BCUT2D eigenvalue weighted by Crippen LogP contribution is -2.55. The standard InChI is InChI=1S/C12H16FN3O/c1-2-11-12(17)15-3-4-16(11)10-6-8(13)5-9(14)7-10/h5-7,11H,2-4,14H2,1H3,(H,15,17). The van der Waals surface area contributed by atoms with E-state index >= 15 is 0 Å². The summed E-state index contributed by atoms with van der Waals surface area (Å²) in [6.45, 7) is 3.18. The van der Waals surface area contributed by atoms with E-state index in [1.807, 2.05) is 11.8 Å². The van der Waals surface area contributed by atoms with Crippen LogP contribution in [0.1, 0.15) is 13.3 Å². The van der Waals surface area contributed by atoms with Crippen LogP contribution >= 0.6 is 0 Å². The van der Waals surface area contributed by atoms with Crippen molar-refractivity contribution in [3.8, 4) is 0 Å². The Morgan fingerprint density at radius 3 is 2.94 bits per heavy atom. The van der Waals surface area contributed by atoms with Crippen LogP contribution in [0.5, 0.6) is 0 Å². The van der Waals surface area contributed by atoms with E-state index in [4.69, 9.17) is 5.73 Å². The lowest BCUT2D eigenvalue weighted by Gasteiger charge is -2.36. The molecule has 1 atom stereocenters. The fourth-order valence-corrected chi connectivity index (χ4v) is 2.19. The first-order chi connectivity index (χ1) is 8.11. The topological polar surface area (TPSA) is 58.4 Å². The Balaban J connectivity index is 2.33. The van der Waals surface area contributed by atoms with Gasteiger partial charge in [-0.15, -0.1) is 0 Å². The van der Waals surface area contributed by atoms with Gasteiger partial charge in [0.1, 0.15) is 11.9 Å². The van der Waals surface area contributed by atoms with E-state index in [2.05, 4.69) is 5.32 Å². The van der Waals surface area contributed by atoms with Gasteiger partial charge in [-0.05, 0) is 24.6 Å². The van der Waals surface area contributed by atoms with Crippen molar-refractivity contribution in [3.63, 3.8) is 0 Å². The molecule has 1 aromatic carbocycles. The Labute approximate surface area is 99.6 Å². The zero-order chi connectivity index (χ0) is 12.4. The van der Waals surface area contributed by atoms with Crippen LogP contribution in [0.2, 0.25) is 0 Å². The van der Waals surface area contributed by atoms with Gasteiger partial charge in [-0.1, -0.05) is 6.92 Å². The highest BCUT2D eigenvalue weighted by Gasteiger charge is 2.28. The van der Waals surface area contributed by atoms with Crippen molar-refractivity contribution in [3.05, 3.63) is 24.0 Å². The molecular weight excluding hydrogens is 221 g/mol. The molecule has 0 bridgehead atoms. The highest BCUT2D eigenvalue weighted by atomic mass is 19.1. The van der Waals surface area contributed by atoms with Crippen molar-refractivity contribution in [2.75, 3.05) is 23.7 Å². The molecule has 0 saturated carbocycles. The first kappa shape index (κ1) is 11.7. The highest BCUT2D eigenvalue weighted by molar-refractivity contribution is 5.86. The number of hydrogen-bond donors (Lipinski definition) is 2. The largest absolute Gasteiger partial charge is 0.399 e. The van der Waals surface area contributed by atoms with Crippen LogP contribution in [0.4, 0.5) is 15.8 Å². The van der Waals surface area contributed by atoms with Gasteiger partial charge in [-0.3, -0.25) is 4.79 Å². The lowest BCUT2D eigenvalue weighted by molar-refractivity contribution is -0.123. The second-order valence-electron chi connectivity index (χ2n) is 4.15. The predicted molar refractivity (Wildman–Crippen MR) is 65.2 cm³/mol. The summed E-state index contributed by atoms with van der Waals surface area (Å²) in [6.07, 6.45) is 0.683. The minimum absolute atomic E-state index is 0.0124. The van der Waals surface area contributed by atoms with Crippen molar-refractivity contribution in [1.82, 2.24) is 5.32 Å². The van der Waals surface area contributed by atoms with Gasteiger partial charge in [0.2, 0.25) is 5.91 Å². The molecule has 2 rings (SSSR count). The molecule has 3 N–H and O–H groups in total. The smallest absolute Gasteiger partial charge is 0.242 e. The molecule has 0 radical (unpaired) electrons. The molecule has 1 heterocycles. The van der Waals surface area contributed by atoms with Gasteiger partial charge in [-0.2, -0.15) is 0 Å². The number of benzene rings is 1. The summed E-state index contributed by atoms with van der Waals surface area (Å²) in [7, 11) is 0. The highest BCUT2D eigenvalue weighted by Crippen LogP contribution is 2.24. The van der Waals surface area contributed by atoms with Gasteiger partial charge < -0.3 is 16.0 Å². The van der Waals surface area contributed by atoms with Crippen molar-refractivity contribution in [1.29, 1.82) is 0 Å². The summed E-state index contributed by atoms with van der Waals surface area (Å²) in [5, 5.41) is 2.81. The average Bonchev–Trinajstić information content (AvgIpc) is 2.27. The first-order valence-electron chi connectivity index (χ1n) is 5.72. The lowest BCUT2D eigenvalue weighted by atomic mass is 10.1. The third-order valence-corrected chi connectivity index (χ3v) is 2.95. The van der Waals surface area contributed by atoms with Crippen molar-refractivity contribution in [2.24, 2.45) is 0 Å². The van der Waals surface area contributed by atoms with Crippen LogP contribution in [0.25, 0.3) is 0 Å². The van der Waals surface area contributed by atoms with E-state index in [1.165, 1.54) is 12.1 Å². The molecular formula is C12H16FN3O. The number of nitrogens with two attached hydrogens (primary N) is 1. The number of carbonyl (C=O) groups excluding carboxylic acids is 1. The Bertz CT molecular complexity index is 416. The van der Waals surface area contributed by atoms with Gasteiger partial charge in [0, 0.05) is 24.5 Å². The van der Waals surface area contributed by atoms with Gasteiger partial charge in [0.15, 0.2) is 0 Å². The number of carbonyl (C=O) groups is 1. The summed E-state index contributed by atoms with van der Waals surface area (Å²) in [5.74, 6) is -0.387. The van der Waals surface area contributed by atoms with E-state index in [0.29, 0.717) is 30.9 Å². The zero-order valence-electron chi connectivity index (χ0n) is 9.74. The summed E-state index contributed by atoms with van der Waals surface area (Å²) in [4.78, 5) is 13.6. The number of rotatable bonds is 2. The maximum atomic E-state index is 13.3. The third-order valence-electron chi connectivity index (χ3n) is 2.95. The van der Waals surface area contributed by atoms with Crippen LogP contribution in [-0.4, -0.2) is 25.0 Å². The van der Waals surface area contributed by atoms with E-state index in [1.54, 1.807) is 6.07 Å². The molecule has 92 valence electrons. The molecule has 1 aromatic rings. The Morgan fingerprint density at radius 2 is 2.29 bits per heavy atom. The van der Waals surface area contributed by atoms with Gasteiger partial charge >= 0.3 is 0 Å². The van der Waals surface area contributed by atoms with Gasteiger partial charge in [0.05, 0.1) is 0 Å². The molecule has 0 aliphatic carbocycles. The molecule has 1 saturated heterocycles. The quantitative estimate of drug-likeness (QED) is 0.758. The summed E-state index contributed by atoms with van der Waals surface area (Å²) in [5.41, 5.74) is 6.67. The second-order valence-corrected chi connectivity index (χ2v) is 4.15. The summed E-state index contributed by atoms with van der Waals surface area (Å²) < 4.78 is 13.3. The van der Waals surface area contributed by atoms with Crippen LogP contribution in [-0.2, 0) is 4.79 Å². The average molecular weight is 237 g/mol.